The number of para-hydroxylation sites is 2. The molecule has 5 aromatic rings. The van der Waals surface area contributed by atoms with Gasteiger partial charge in [-0.25, -0.2) is 4.98 Å². The Kier molecular flexibility index (Phi) is 3.31. The third-order valence-electron chi connectivity index (χ3n) is 6.27. The van der Waals surface area contributed by atoms with E-state index >= 15 is 0 Å². The molecule has 0 radical (unpaired) electrons. The van der Waals surface area contributed by atoms with E-state index in [9.17, 15) is 0 Å². The highest BCUT2D eigenvalue weighted by atomic mass is 15.0. The number of hydrogen-bond acceptors (Lipinski definition) is 1. The second kappa shape index (κ2) is 5.81. The zero-order valence-electron chi connectivity index (χ0n) is 17.0. The lowest BCUT2D eigenvalue weighted by atomic mass is 9.94. The van der Waals surface area contributed by atoms with Crippen LogP contribution in [0.25, 0.3) is 44.3 Å². The predicted molar refractivity (Wildman–Crippen MR) is 121 cm³/mol. The van der Waals surface area contributed by atoms with Crippen molar-refractivity contribution in [3.63, 3.8) is 0 Å². The van der Waals surface area contributed by atoms with Crippen LogP contribution in [0.1, 0.15) is 22.3 Å². The second-order valence-electron chi connectivity index (χ2n) is 8.28. The lowest BCUT2D eigenvalue weighted by Crippen LogP contribution is -1.98. The van der Waals surface area contributed by atoms with Crippen LogP contribution in [0, 0.1) is 20.8 Å². The van der Waals surface area contributed by atoms with Gasteiger partial charge in [-0.2, -0.15) is 0 Å². The molecule has 2 aromatic heterocycles. The first-order chi connectivity index (χ1) is 14.1. The van der Waals surface area contributed by atoms with Crippen LogP contribution in [0.4, 0.5) is 0 Å². The summed E-state index contributed by atoms with van der Waals surface area (Å²) in [6.45, 7) is 7.46. The van der Waals surface area contributed by atoms with Crippen LogP contribution >= 0.6 is 0 Å². The largest absolute Gasteiger partial charge is 0.336 e. The molecule has 1 aliphatic heterocycles. The first-order valence-corrected chi connectivity index (χ1v) is 10.2. The summed E-state index contributed by atoms with van der Waals surface area (Å²) in [6, 6.07) is 24.1. The maximum atomic E-state index is 5.16. The Morgan fingerprint density at radius 1 is 0.793 bits per heavy atom. The van der Waals surface area contributed by atoms with Gasteiger partial charge in [0.1, 0.15) is 0 Å². The maximum absolute atomic E-state index is 5.16. The van der Waals surface area contributed by atoms with Crippen LogP contribution in [-0.4, -0.2) is 9.55 Å². The molecule has 0 fully saturated rings. The van der Waals surface area contributed by atoms with Crippen molar-refractivity contribution < 1.29 is 0 Å². The number of rotatable bonds is 1. The van der Waals surface area contributed by atoms with E-state index < -0.39 is 0 Å². The highest BCUT2D eigenvalue weighted by Gasteiger charge is 2.29. The third kappa shape index (κ3) is 2.26. The quantitative estimate of drug-likeness (QED) is 0.309. The Morgan fingerprint density at radius 3 is 2.28 bits per heavy atom. The van der Waals surface area contributed by atoms with Crippen LogP contribution in [-0.2, 0) is 6.54 Å². The van der Waals surface area contributed by atoms with Gasteiger partial charge in [-0.1, -0.05) is 53.6 Å². The topological polar surface area (TPSA) is 17.8 Å². The number of aryl methyl sites for hydroxylation is 3. The fourth-order valence-electron chi connectivity index (χ4n) is 5.15. The van der Waals surface area contributed by atoms with E-state index in [-0.39, 0.29) is 0 Å². The van der Waals surface area contributed by atoms with Gasteiger partial charge in [0, 0.05) is 33.0 Å². The molecule has 0 atom stereocenters. The first kappa shape index (κ1) is 16.6. The monoisotopic (exact) mass is 374 g/mol. The number of nitrogens with zero attached hydrogens (tertiary/aromatic N) is 2. The highest BCUT2D eigenvalue weighted by Crippen LogP contribution is 2.46. The van der Waals surface area contributed by atoms with Gasteiger partial charge in [0.2, 0.25) is 0 Å². The van der Waals surface area contributed by atoms with Crippen LogP contribution in [0.2, 0.25) is 0 Å². The van der Waals surface area contributed by atoms with Crippen molar-refractivity contribution in [3.8, 4) is 22.5 Å². The minimum Gasteiger partial charge on any atom is -0.336 e. The summed E-state index contributed by atoms with van der Waals surface area (Å²) >= 11 is 0. The molecule has 3 heterocycles. The molecule has 0 amide bonds. The second-order valence-corrected chi connectivity index (χ2v) is 8.28. The summed E-state index contributed by atoms with van der Waals surface area (Å²) in [7, 11) is 0. The fourth-order valence-corrected chi connectivity index (χ4v) is 5.15. The molecule has 0 saturated carbocycles. The first-order valence-electron chi connectivity index (χ1n) is 10.2. The number of aromatic nitrogens is 2. The summed E-state index contributed by atoms with van der Waals surface area (Å²) in [5.74, 6) is 0. The normalized spacial score (nSPS) is 12.5. The van der Waals surface area contributed by atoms with E-state index in [0.29, 0.717) is 0 Å². The van der Waals surface area contributed by atoms with E-state index in [1.807, 2.05) is 0 Å². The van der Waals surface area contributed by atoms with E-state index in [2.05, 4.69) is 92.1 Å². The molecule has 1 aliphatic rings. The molecule has 0 N–H and O–H groups in total. The molecule has 0 saturated heterocycles. The molecule has 140 valence electrons. The van der Waals surface area contributed by atoms with Gasteiger partial charge < -0.3 is 4.57 Å². The predicted octanol–water partition coefficient (Wildman–Crippen LogP) is 6.81. The van der Waals surface area contributed by atoms with E-state index in [4.69, 9.17) is 4.98 Å². The van der Waals surface area contributed by atoms with Crippen molar-refractivity contribution in [3.05, 3.63) is 89.0 Å². The Labute approximate surface area is 170 Å². The Bertz CT molecular complexity index is 1430. The zero-order valence-corrected chi connectivity index (χ0v) is 17.0. The number of fused-ring (bicyclic) bond motifs is 7. The molecule has 6 rings (SSSR count). The number of benzene rings is 3. The standard InChI is InChI=1S/C27H22N2/c1-16-12-17(2)14-19(13-16)26-22-15-29-24-11-7-5-8-20(24)18(3)27(29)25(22)21-9-4-6-10-23(21)28-26/h4-14H,15H2,1-3H3. The molecule has 0 aliphatic carbocycles. The van der Waals surface area contributed by atoms with Crippen molar-refractivity contribution in [1.29, 1.82) is 0 Å². The lowest BCUT2D eigenvalue weighted by molar-refractivity contribution is 0.883. The molecule has 0 unspecified atom stereocenters. The van der Waals surface area contributed by atoms with Gasteiger partial charge in [0.15, 0.2) is 0 Å². The average Bonchev–Trinajstić information content (AvgIpc) is 3.24. The van der Waals surface area contributed by atoms with Crippen LogP contribution in [0.5, 0.6) is 0 Å². The summed E-state index contributed by atoms with van der Waals surface area (Å²) in [5, 5.41) is 2.60. The fraction of sp³-hybridized carbons (Fsp3) is 0.148. The molecule has 2 nitrogen and oxygen atoms in total. The van der Waals surface area contributed by atoms with Crippen LogP contribution < -0.4 is 0 Å². The number of hydrogen-bond donors (Lipinski definition) is 0. The van der Waals surface area contributed by atoms with Crippen LogP contribution in [0.15, 0.2) is 66.7 Å². The maximum Gasteiger partial charge on any atom is 0.0766 e. The van der Waals surface area contributed by atoms with Gasteiger partial charge in [-0.05, 0) is 50.6 Å². The van der Waals surface area contributed by atoms with E-state index in [0.717, 1.165) is 17.8 Å². The highest BCUT2D eigenvalue weighted by molar-refractivity contribution is 6.05. The smallest absolute Gasteiger partial charge is 0.0766 e. The molecule has 2 heteroatoms. The zero-order chi connectivity index (χ0) is 19.7. The van der Waals surface area contributed by atoms with E-state index in [1.165, 1.54) is 55.4 Å². The molecule has 29 heavy (non-hydrogen) atoms. The summed E-state index contributed by atoms with van der Waals surface area (Å²) in [6.07, 6.45) is 0. The van der Waals surface area contributed by atoms with Gasteiger partial charge >= 0.3 is 0 Å². The molecule has 0 spiro atoms. The van der Waals surface area contributed by atoms with Crippen molar-refractivity contribution in [2.75, 3.05) is 0 Å². The van der Waals surface area contributed by atoms with Crippen molar-refractivity contribution >= 4 is 21.8 Å². The Hall–Kier alpha value is -3.39. The van der Waals surface area contributed by atoms with Crippen LogP contribution in [0.3, 0.4) is 0 Å². The Morgan fingerprint density at radius 2 is 1.48 bits per heavy atom. The Balaban J connectivity index is 1.76. The SMILES string of the molecule is Cc1cc(C)cc(-c2nc3ccccc3c3c2Cn2c-3c(C)c3ccccc32)c1. The minimum absolute atomic E-state index is 0.874. The third-order valence-corrected chi connectivity index (χ3v) is 6.27. The number of pyridine rings is 1. The molecular formula is C27H22N2. The molecule has 0 bridgehead atoms. The van der Waals surface area contributed by atoms with Crippen molar-refractivity contribution in [1.82, 2.24) is 9.55 Å². The van der Waals surface area contributed by atoms with Gasteiger partial charge in [0.05, 0.1) is 23.4 Å². The summed E-state index contributed by atoms with van der Waals surface area (Å²) in [4.78, 5) is 5.16. The van der Waals surface area contributed by atoms with Crippen molar-refractivity contribution in [2.45, 2.75) is 27.3 Å². The van der Waals surface area contributed by atoms with Gasteiger partial charge in [-0.3, -0.25) is 0 Å². The lowest BCUT2D eigenvalue weighted by Gasteiger charge is -2.13. The van der Waals surface area contributed by atoms with Gasteiger partial charge in [0.25, 0.3) is 0 Å². The molecule has 3 aromatic carbocycles. The van der Waals surface area contributed by atoms with Gasteiger partial charge in [-0.15, -0.1) is 0 Å². The molecular weight excluding hydrogens is 352 g/mol. The minimum atomic E-state index is 0.874. The summed E-state index contributed by atoms with van der Waals surface area (Å²) in [5.41, 5.74) is 12.7. The van der Waals surface area contributed by atoms with E-state index in [1.54, 1.807) is 0 Å². The van der Waals surface area contributed by atoms with Crippen molar-refractivity contribution in [2.24, 2.45) is 0 Å². The summed E-state index contributed by atoms with van der Waals surface area (Å²) < 4.78 is 2.48. The average molecular weight is 374 g/mol.